The van der Waals surface area contributed by atoms with Crippen molar-refractivity contribution in [1.29, 1.82) is 0 Å². The average Bonchev–Trinajstić information content (AvgIpc) is 3.29. The molecule has 5 rings (SSSR count). The Bertz CT molecular complexity index is 1390. The summed E-state index contributed by atoms with van der Waals surface area (Å²) >= 11 is -2.34. The molecular formula is C24H28N9O2S-. The van der Waals surface area contributed by atoms with Crippen molar-refractivity contribution < 1.29 is 8.76 Å². The van der Waals surface area contributed by atoms with Crippen LogP contribution in [0.25, 0.3) is 10.9 Å². The number of fused-ring (bicyclic) bond motifs is 1. The van der Waals surface area contributed by atoms with Crippen molar-refractivity contribution in [2.24, 2.45) is 0 Å². The molecule has 1 aliphatic heterocycles. The Morgan fingerprint density at radius 1 is 1.11 bits per heavy atom. The highest BCUT2D eigenvalue weighted by Crippen LogP contribution is 2.29. The van der Waals surface area contributed by atoms with E-state index in [0.29, 0.717) is 11.8 Å². The van der Waals surface area contributed by atoms with Gasteiger partial charge in [-0.05, 0) is 43.8 Å². The van der Waals surface area contributed by atoms with E-state index < -0.39 is 11.3 Å². The number of aromatic nitrogens is 4. The first-order chi connectivity index (χ1) is 17.5. The minimum Gasteiger partial charge on any atom is -0.760 e. The van der Waals surface area contributed by atoms with Gasteiger partial charge in [0.2, 0.25) is 5.95 Å². The van der Waals surface area contributed by atoms with Gasteiger partial charge in [-0.2, -0.15) is 10.1 Å². The van der Waals surface area contributed by atoms with Crippen LogP contribution in [0.4, 0.5) is 29.0 Å². The minimum absolute atomic E-state index is 0.175. The number of benzene rings is 2. The van der Waals surface area contributed by atoms with Crippen molar-refractivity contribution in [3.8, 4) is 0 Å². The van der Waals surface area contributed by atoms with Gasteiger partial charge >= 0.3 is 0 Å². The standard InChI is InChI=1S/C24H29N9O2S/c1-16-14-25-24(29-22(16)28-20-6-4-3-5-17(20)15-26-36(34)35)27-18-7-8-19-21(13-18)30-31-23(19)33-11-9-32(2)10-12-33/h3-8,13-14,26H,9-12,15H2,1-2H3,(H,30,31)(H,34,35)(H2,25,27,28,29)/p-1. The number of aryl methyl sites for hydroxylation is 1. The minimum atomic E-state index is -2.34. The summed E-state index contributed by atoms with van der Waals surface area (Å²) in [6.07, 6.45) is 1.74. The number of H-pyrrole nitrogens is 1. The number of piperazine rings is 1. The predicted molar refractivity (Wildman–Crippen MR) is 141 cm³/mol. The first kappa shape index (κ1) is 24.1. The monoisotopic (exact) mass is 506 g/mol. The average molecular weight is 507 g/mol. The van der Waals surface area contributed by atoms with Crippen LogP contribution in [0.3, 0.4) is 0 Å². The molecule has 1 aliphatic rings. The number of anilines is 5. The molecule has 1 unspecified atom stereocenters. The number of hydrogen-bond donors (Lipinski definition) is 4. The van der Waals surface area contributed by atoms with Crippen LogP contribution < -0.4 is 20.3 Å². The Labute approximate surface area is 211 Å². The molecule has 1 saturated heterocycles. The second kappa shape index (κ2) is 10.6. The molecule has 12 heteroatoms. The van der Waals surface area contributed by atoms with Crippen molar-refractivity contribution >= 4 is 51.1 Å². The normalized spacial score (nSPS) is 15.2. The van der Waals surface area contributed by atoms with E-state index in [2.05, 4.69) is 58.4 Å². The SMILES string of the molecule is Cc1cnc(Nc2ccc3c(N4CCN(C)CC4)n[nH]c3c2)nc1Nc1ccccc1CNS(=O)[O-]. The van der Waals surface area contributed by atoms with Gasteiger partial charge in [-0.1, -0.05) is 18.2 Å². The maximum absolute atomic E-state index is 10.9. The molecule has 0 spiro atoms. The van der Waals surface area contributed by atoms with E-state index in [1.165, 1.54) is 0 Å². The van der Waals surface area contributed by atoms with Crippen LogP contribution in [0.5, 0.6) is 0 Å². The van der Waals surface area contributed by atoms with E-state index in [1.54, 1.807) is 6.20 Å². The highest BCUT2D eigenvalue weighted by molar-refractivity contribution is 7.77. The molecule has 36 heavy (non-hydrogen) atoms. The van der Waals surface area contributed by atoms with Crippen molar-refractivity contribution in [3.05, 3.63) is 59.8 Å². The van der Waals surface area contributed by atoms with Crippen LogP contribution in [0, 0.1) is 6.92 Å². The molecule has 2 aromatic heterocycles. The molecule has 0 aliphatic carbocycles. The highest BCUT2D eigenvalue weighted by atomic mass is 32.2. The van der Waals surface area contributed by atoms with E-state index in [0.717, 1.165) is 65.4 Å². The van der Waals surface area contributed by atoms with Gasteiger partial charge in [-0.15, -0.1) is 0 Å². The van der Waals surface area contributed by atoms with E-state index >= 15 is 0 Å². The number of likely N-dealkylation sites (N-methyl/N-ethyl adjacent to an activating group) is 1. The lowest BCUT2D eigenvalue weighted by Gasteiger charge is -2.32. The summed E-state index contributed by atoms with van der Waals surface area (Å²) in [6, 6.07) is 13.5. The summed E-state index contributed by atoms with van der Waals surface area (Å²) in [5, 5.41) is 15.4. The zero-order chi connectivity index (χ0) is 25.1. The smallest absolute Gasteiger partial charge is 0.229 e. The van der Waals surface area contributed by atoms with Crippen LogP contribution in [-0.4, -0.2) is 67.1 Å². The molecular weight excluding hydrogens is 478 g/mol. The molecule has 1 fully saturated rings. The molecule has 188 valence electrons. The second-order valence-electron chi connectivity index (χ2n) is 8.79. The fourth-order valence-electron chi connectivity index (χ4n) is 4.16. The number of aromatic amines is 1. The predicted octanol–water partition coefficient (Wildman–Crippen LogP) is 2.78. The topological polar surface area (TPSA) is 137 Å². The number of nitrogens with one attached hydrogen (secondary N) is 4. The molecule has 4 aromatic rings. The molecule has 1 atom stereocenters. The van der Waals surface area contributed by atoms with E-state index in [4.69, 9.17) is 0 Å². The summed E-state index contributed by atoms with van der Waals surface area (Å²) in [7, 11) is 2.14. The van der Waals surface area contributed by atoms with Crippen LogP contribution >= 0.6 is 0 Å². The van der Waals surface area contributed by atoms with Crippen LogP contribution in [0.1, 0.15) is 11.1 Å². The van der Waals surface area contributed by atoms with Gasteiger partial charge in [0.1, 0.15) is 5.82 Å². The van der Waals surface area contributed by atoms with E-state index in [9.17, 15) is 8.76 Å². The summed E-state index contributed by atoms with van der Waals surface area (Å²) in [4.78, 5) is 13.7. The van der Waals surface area contributed by atoms with Gasteiger partial charge in [0.15, 0.2) is 5.82 Å². The summed E-state index contributed by atoms with van der Waals surface area (Å²) < 4.78 is 24.2. The summed E-state index contributed by atoms with van der Waals surface area (Å²) in [5.74, 6) is 2.05. The van der Waals surface area contributed by atoms with Gasteiger partial charge in [-0.3, -0.25) is 9.31 Å². The Balaban J connectivity index is 1.33. The number of hydrogen-bond acceptors (Lipinski definition) is 9. The van der Waals surface area contributed by atoms with Gasteiger partial charge in [-0.25, -0.2) is 9.71 Å². The van der Waals surface area contributed by atoms with E-state index in [-0.39, 0.29) is 6.54 Å². The van der Waals surface area contributed by atoms with Crippen molar-refractivity contribution in [2.45, 2.75) is 13.5 Å². The van der Waals surface area contributed by atoms with Crippen molar-refractivity contribution in [1.82, 2.24) is 29.8 Å². The molecule has 0 radical (unpaired) electrons. The zero-order valence-corrected chi connectivity index (χ0v) is 20.9. The Morgan fingerprint density at radius 2 is 1.92 bits per heavy atom. The van der Waals surface area contributed by atoms with Crippen molar-refractivity contribution in [2.75, 3.05) is 48.8 Å². The Hall–Kier alpha value is -3.58. The summed E-state index contributed by atoms with van der Waals surface area (Å²) in [5.41, 5.74) is 4.20. The van der Waals surface area contributed by atoms with Gasteiger partial charge in [0, 0.05) is 72.5 Å². The zero-order valence-electron chi connectivity index (χ0n) is 20.1. The Kier molecular flexibility index (Phi) is 7.09. The maximum Gasteiger partial charge on any atom is 0.229 e. The van der Waals surface area contributed by atoms with Gasteiger partial charge in [0.05, 0.1) is 5.52 Å². The summed E-state index contributed by atoms with van der Waals surface area (Å²) in [6.45, 7) is 6.04. The molecule has 2 aromatic carbocycles. The van der Waals surface area contributed by atoms with Crippen LogP contribution in [-0.2, 0) is 17.8 Å². The quantitative estimate of drug-likeness (QED) is 0.266. The third-order valence-corrected chi connectivity index (χ3v) is 6.60. The third kappa shape index (κ3) is 5.46. The first-order valence-electron chi connectivity index (χ1n) is 11.7. The fourth-order valence-corrected chi connectivity index (χ4v) is 4.43. The maximum atomic E-state index is 10.9. The molecule has 4 N–H and O–H groups in total. The van der Waals surface area contributed by atoms with E-state index in [1.807, 2.05) is 43.3 Å². The lowest BCUT2D eigenvalue weighted by atomic mass is 10.1. The lowest BCUT2D eigenvalue weighted by molar-refractivity contribution is 0.312. The molecule has 0 amide bonds. The molecule has 11 nitrogen and oxygen atoms in total. The number of nitrogens with zero attached hydrogens (tertiary/aromatic N) is 5. The highest BCUT2D eigenvalue weighted by Gasteiger charge is 2.19. The Morgan fingerprint density at radius 3 is 2.72 bits per heavy atom. The first-order valence-corrected chi connectivity index (χ1v) is 12.7. The molecule has 0 bridgehead atoms. The molecule has 0 saturated carbocycles. The largest absolute Gasteiger partial charge is 0.760 e. The van der Waals surface area contributed by atoms with Gasteiger partial charge < -0.3 is 25.0 Å². The number of rotatable bonds is 8. The van der Waals surface area contributed by atoms with Crippen molar-refractivity contribution in [3.63, 3.8) is 0 Å². The van der Waals surface area contributed by atoms with Crippen LogP contribution in [0.2, 0.25) is 0 Å². The fraction of sp³-hybridized carbons (Fsp3) is 0.292. The number of para-hydroxylation sites is 1. The van der Waals surface area contributed by atoms with Gasteiger partial charge in [0.25, 0.3) is 0 Å². The third-order valence-electron chi connectivity index (χ3n) is 6.22. The van der Waals surface area contributed by atoms with Crippen LogP contribution in [0.15, 0.2) is 48.7 Å². The lowest BCUT2D eigenvalue weighted by Crippen LogP contribution is -2.44. The molecule has 3 heterocycles. The second-order valence-corrected chi connectivity index (χ2v) is 9.54.